The first-order chi connectivity index (χ1) is 10.2. The van der Waals surface area contributed by atoms with Gasteiger partial charge in [-0.3, -0.25) is 0 Å². The second-order valence-corrected chi connectivity index (χ2v) is 4.86. The van der Waals surface area contributed by atoms with Crippen molar-refractivity contribution >= 4 is 0 Å². The maximum Gasteiger partial charge on any atom is 0.130 e. The fourth-order valence-electron chi connectivity index (χ4n) is 2.19. The normalized spacial score (nSPS) is 10.2. The fraction of sp³-hybridized carbons (Fsp3) is 0.278. The molecule has 0 fully saturated rings. The van der Waals surface area contributed by atoms with Gasteiger partial charge in [0.05, 0.1) is 11.6 Å². The molecule has 2 aromatic carbocycles. The highest BCUT2D eigenvalue weighted by Crippen LogP contribution is 2.29. The van der Waals surface area contributed by atoms with Crippen LogP contribution in [0.3, 0.4) is 0 Å². The summed E-state index contributed by atoms with van der Waals surface area (Å²) in [6, 6.07) is 13.0. The Morgan fingerprint density at radius 3 is 2.48 bits per heavy atom. The fourth-order valence-corrected chi connectivity index (χ4v) is 2.19. The van der Waals surface area contributed by atoms with E-state index in [-0.39, 0.29) is 0 Å². The summed E-state index contributed by atoms with van der Waals surface area (Å²) in [7, 11) is 0. The highest BCUT2D eigenvalue weighted by atomic mass is 19.1. The predicted molar refractivity (Wildman–Crippen MR) is 81.2 cm³/mol. The van der Waals surface area contributed by atoms with Crippen LogP contribution in [-0.2, 0) is 19.5 Å². The Morgan fingerprint density at radius 2 is 1.86 bits per heavy atom. The van der Waals surface area contributed by atoms with Crippen LogP contribution in [0.5, 0.6) is 11.5 Å². The van der Waals surface area contributed by atoms with Crippen LogP contribution in [0.15, 0.2) is 36.4 Å². The Balaban J connectivity index is 2.39. The molecular formula is C18H18FNO. The summed E-state index contributed by atoms with van der Waals surface area (Å²) < 4.78 is 18.8. The zero-order chi connectivity index (χ0) is 15.2. The lowest BCUT2D eigenvalue weighted by Gasteiger charge is -2.12. The average Bonchev–Trinajstić information content (AvgIpc) is 2.54. The summed E-state index contributed by atoms with van der Waals surface area (Å²) in [6.07, 6.45) is 1.78. The summed E-state index contributed by atoms with van der Waals surface area (Å²) in [6.45, 7) is 3.54. The number of aryl methyl sites for hydroxylation is 2. The van der Waals surface area contributed by atoms with E-state index < -0.39 is 6.67 Å². The first kappa shape index (κ1) is 15.1. The van der Waals surface area contributed by atoms with Gasteiger partial charge in [-0.25, -0.2) is 4.39 Å². The van der Waals surface area contributed by atoms with Crippen molar-refractivity contribution in [2.75, 3.05) is 0 Å². The summed E-state index contributed by atoms with van der Waals surface area (Å²) in [5.74, 6) is 1.28. The summed E-state index contributed by atoms with van der Waals surface area (Å²) in [5, 5.41) is 9.00. The molecule has 2 nitrogen and oxygen atoms in total. The van der Waals surface area contributed by atoms with Crippen molar-refractivity contribution in [3.05, 3.63) is 58.7 Å². The topological polar surface area (TPSA) is 33.0 Å². The SMILES string of the molecule is CCc1ccc(CC)c(Oc2cc(C#N)cc(CF)c2)c1. The molecule has 21 heavy (non-hydrogen) atoms. The molecule has 0 aliphatic heterocycles. The molecule has 0 aliphatic carbocycles. The minimum Gasteiger partial charge on any atom is -0.457 e. The molecule has 0 bridgehead atoms. The van der Waals surface area contributed by atoms with E-state index in [1.165, 1.54) is 11.6 Å². The van der Waals surface area contributed by atoms with Crippen molar-refractivity contribution in [3.8, 4) is 17.6 Å². The third-order valence-corrected chi connectivity index (χ3v) is 3.40. The number of benzene rings is 2. The van der Waals surface area contributed by atoms with Gasteiger partial charge in [0, 0.05) is 0 Å². The van der Waals surface area contributed by atoms with Crippen LogP contribution in [0, 0.1) is 11.3 Å². The van der Waals surface area contributed by atoms with E-state index in [9.17, 15) is 4.39 Å². The summed E-state index contributed by atoms with van der Waals surface area (Å²) in [5.41, 5.74) is 3.14. The van der Waals surface area contributed by atoms with Crippen LogP contribution >= 0.6 is 0 Å². The van der Waals surface area contributed by atoms with Gasteiger partial charge in [0.1, 0.15) is 18.2 Å². The molecule has 2 aromatic rings. The molecule has 0 N–H and O–H groups in total. The van der Waals surface area contributed by atoms with E-state index in [0.717, 1.165) is 24.2 Å². The zero-order valence-corrected chi connectivity index (χ0v) is 12.3. The predicted octanol–water partition coefficient (Wildman–Crippen LogP) is 4.94. The van der Waals surface area contributed by atoms with E-state index in [1.54, 1.807) is 12.1 Å². The number of alkyl halides is 1. The standard InChI is InChI=1S/C18H18FNO/c1-3-13-5-6-16(4-2)18(10-13)21-17-8-14(11-19)7-15(9-17)12-20/h5-10H,3-4,11H2,1-2H3. The lowest BCUT2D eigenvalue weighted by Crippen LogP contribution is -1.94. The molecule has 0 unspecified atom stereocenters. The van der Waals surface area contributed by atoms with Gasteiger partial charge in [-0.15, -0.1) is 0 Å². The van der Waals surface area contributed by atoms with Crippen LogP contribution in [0.1, 0.15) is 36.1 Å². The maximum absolute atomic E-state index is 12.9. The molecule has 0 radical (unpaired) electrons. The minimum atomic E-state index is -0.610. The van der Waals surface area contributed by atoms with Gasteiger partial charge < -0.3 is 4.74 Å². The van der Waals surface area contributed by atoms with Gasteiger partial charge in [-0.2, -0.15) is 5.26 Å². The largest absolute Gasteiger partial charge is 0.457 e. The Morgan fingerprint density at radius 1 is 1.05 bits per heavy atom. The van der Waals surface area contributed by atoms with E-state index in [4.69, 9.17) is 10.00 Å². The third kappa shape index (κ3) is 3.61. The lowest BCUT2D eigenvalue weighted by molar-refractivity contribution is 0.464. The minimum absolute atomic E-state index is 0.407. The molecule has 2 rings (SSSR count). The lowest BCUT2D eigenvalue weighted by atomic mass is 10.1. The first-order valence-electron chi connectivity index (χ1n) is 7.09. The maximum atomic E-state index is 12.9. The molecule has 108 valence electrons. The van der Waals surface area contributed by atoms with Crippen molar-refractivity contribution in [1.82, 2.24) is 0 Å². The smallest absolute Gasteiger partial charge is 0.130 e. The molecule has 0 heterocycles. The Labute approximate surface area is 124 Å². The van der Waals surface area contributed by atoms with Crippen LogP contribution in [0.2, 0.25) is 0 Å². The Bertz CT molecular complexity index is 673. The number of hydrogen-bond donors (Lipinski definition) is 0. The van der Waals surface area contributed by atoms with Crippen molar-refractivity contribution in [2.24, 2.45) is 0 Å². The molecule has 0 amide bonds. The zero-order valence-electron chi connectivity index (χ0n) is 12.3. The Kier molecular flexibility index (Phi) is 4.94. The van der Waals surface area contributed by atoms with E-state index in [1.807, 2.05) is 12.1 Å². The van der Waals surface area contributed by atoms with E-state index >= 15 is 0 Å². The molecule has 0 saturated carbocycles. The van der Waals surface area contributed by atoms with Gasteiger partial charge in [0.2, 0.25) is 0 Å². The van der Waals surface area contributed by atoms with E-state index in [2.05, 4.69) is 26.0 Å². The van der Waals surface area contributed by atoms with Crippen molar-refractivity contribution < 1.29 is 9.13 Å². The monoisotopic (exact) mass is 283 g/mol. The first-order valence-corrected chi connectivity index (χ1v) is 7.09. The average molecular weight is 283 g/mol. The molecule has 3 heteroatoms. The number of nitriles is 1. The molecule has 0 aliphatic rings. The van der Waals surface area contributed by atoms with Crippen molar-refractivity contribution in [1.29, 1.82) is 5.26 Å². The van der Waals surface area contributed by atoms with Gasteiger partial charge in [-0.1, -0.05) is 26.0 Å². The van der Waals surface area contributed by atoms with Crippen LogP contribution in [0.4, 0.5) is 4.39 Å². The number of hydrogen-bond acceptors (Lipinski definition) is 2. The van der Waals surface area contributed by atoms with Crippen molar-refractivity contribution in [2.45, 2.75) is 33.4 Å². The van der Waals surface area contributed by atoms with E-state index in [0.29, 0.717) is 16.9 Å². The number of halogens is 1. The molecule has 0 saturated heterocycles. The summed E-state index contributed by atoms with van der Waals surface area (Å²) in [4.78, 5) is 0. The Hall–Kier alpha value is -2.34. The molecule has 0 spiro atoms. The highest BCUT2D eigenvalue weighted by molar-refractivity contribution is 5.45. The quantitative estimate of drug-likeness (QED) is 0.778. The van der Waals surface area contributed by atoms with Crippen LogP contribution in [0.25, 0.3) is 0 Å². The van der Waals surface area contributed by atoms with Gasteiger partial charge in [-0.05, 0) is 53.8 Å². The second kappa shape index (κ2) is 6.90. The van der Waals surface area contributed by atoms with Crippen LogP contribution < -0.4 is 4.74 Å². The van der Waals surface area contributed by atoms with Crippen molar-refractivity contribution in [3.63, 3.8) is 0 Å². The number of ether oxygens (including phenoxy) is 1. The molecule has 0 aromatic heterocycles. The summed E-state index contributed by atoms with van der Waals surface area (Å²) >= 11 is 0. The van der Waals surface area contributed by atoms with Crippen LogP contribution in [-0.4, -0.2) is 0 Å². The molecular weight excluding hydrogens is 265 g/mol. The number of nitrogens with zero attached hydrogens (tertiary/aromatic N) is 1. The third-order valence-electron chi connectivity index (χ3n) is 3.40. The van der Waals surface area contributed by atoms with Gasteiger partial charge in [0.15, 0.2) is 0 Å². The highest BCUT2D eigenvalue weighted by Gasteiger charge is 2.07. The molecule has 0 atom stereocenters. The van der Waals surface area contributed by atoms with Gasteiger partial charge >= 0.3 is 0 Å². The number of rotatable bonds is 5. The second-order valence-electron chi connectivity index (χ2n) is 4.86. The van der Waals surface area contributed by atoms with Gasteiger partial charge in [0.25, 0.3) is 0 Å².